The number of tetrazole rings is 1. The first kappa shape index (κ1) is 19.6. The highest BCUT2D eigenvalue weighted by Crippen LogP contribution is 2.64. The van der Waals surface area contributed by atoms with E-state index in [9.17, 15) is 14.3 Å². The Morgan fingerprint density at radius 2 is 1.97 bits per heavy atom. The number of aromatic nitrogens is 4. The standard InChI is InChI=1S/C22H33FN4O2/c1-21-8-6-16-15-7-9-22(29,12-23)10-14(15)2-3-17(16)18(21)4-5-19(21)20(28)11-27-13-24-25-26-27/h13-19,29H,2-12H2,1H3/t14-,15+,16-,17-,18+,19-,21+,22-/m1/s1. The fourth-order valence-corrected chi connectivity index (χ4v) is 8.14. The number of ketones is 1. The van der Waals surface area contributed by atoms with Gasteiger partial charge in [0.15, 0.2) is 5.78 Å². The molecule has 0 amide bonds. The van der Waals surface area contributed by atoms with Crippen LogP contribution in [0.2, 0.25) is 0 Å². The van der Waals surface area contributed by atoms with Crippen LogP contribution in [0, 0.1) is 40.9 Å². The summed E-state index contributed by atoms with van der Waals surface area (Å²) < 4.78 is 14.9. The van der Waals surface area contributed by atoms with E-state index in [4.69, 9.17) is 0 Å². The fourth-order valence-electron chi connectivity index (χ4n) is 8.14. The smallest absolute Gasteiger partial charge is 0.158 e. The number of aliphatic hydroxyl groups is 1. The lowest BCUT2D eigenvalue weighted by molar-refractivity contribution is -0.134. The first-order valence-electron chi connectivity index (χ1n) is 11.5. The predicted molar refractivity (Wildman–Crippen MR) is 104 cm³/mol. The van der Waals surface area contributed by atoms with Crippen LogP contribution in [-0.4, -0.2) is 43.4 Å². The van der Waals surface area contributed by atoms with Crippen LogP contribution in [0.15, 0.2) is 6.33 Å². The molecular weight excluding hydrogens is 371 g/mol. The minimum Gasteiger partial charge on any atom is -0.387 e. The maximum absolute atomic E-state index is 13.3. The molecule has 1 aromatic heterocycles. The average molecular weight is 405 g/mol. The fraction of sp³-hybridized carbons (Fsp3) is 0.909. The number of fused-ring (bicyclic) bond motifs is 5. The minimum absolute atomic E-state index is 0.0907. The third-order valence-corrected chi connectivity index (χ3v) is 9.45. The van der Waals surface area contributed by atoms with E-state index >= 15 is 0 Å². The molecule has 1 N–H and O–H groups in total. The Morgan fingerprint density at radius 1 is 1.14 bits per heavy atom. The highest BCUT2D eigenvalue weighted by molar-refractivity contribution is 5.82. The normalized spacial score (nSPS) is 46.6. The van der Waals surface area contributed by atoms with Gasteiger partial charge in [-0.2, -0.15) is 0 Å². The van der Waals surface area contributed by atoms with E-state index in [1.807, 2.05) is 0 Å². The molecule has 5 rings (SSSR count). The molecule has 0 unspecified atom stereocenters. The first-order chi connectivity index (χ1) is 13.9. The quantitative estimate of drug-likeness (QED) is 0.833. The molecule has 160 valence electrons. The maximum Gasteiger partial charge on any atom is 0.158 e. The molecule has 4 aliphatic carbocycles. The van der Waals surface area contributed by atoms with Crippen LogP contribution in [0.5, 0.6) is 0 Å². The molecule has 29 heavy (non-hydrogen) atoms. The minimum atomic E-state index is -1.07. The molecule has 0 radical (unpaired) electrons. The zero-order valence-electron chi connectivity index (χ0n) is 17.3. The van der Waals surface area contributed by atoms with Crippen molar-refractivity contribution in [3.05, 3.63) is 6.33 Å². The third kappa shape index (κ3) is 3.15. The summed E-state index contributed by atoms with van der Waals surface area (Å²) in [5.41, 5.74) is -0.980. The van der Waals surface area contributed by atoms with E-state index < -0.39 is 12.3 Å². The van der Waals surface area contributed by atoms with Crippen molar-refractivity contribution in [1.82, 2.24) is 20.2 Å². The molecule has 0 saturated heterocycles. The Hall–Kier alpha value is -1.37. The van der Waals surface area contributed by atoms with Crippen LogP contribution < -0.4 is 0 Å². The van der Waals surface area contributed by atoms with E-state index in [1.165, 1.54) is 19.2 Å². The lowest BCUT2D eigenvalue weighted by Gasteiger charge is -2.56. The van der Waals surface area contributed by atoms with Crippen molar-refractivity contribution in [2.24, 2.45) is 40.9 Å². The summed E-state index contributed by atoms with van der Waals surface area (Å²) in [7, 11) is 0. The van der Waals surface area contributed by atoms with Gasteiger partial charge >= 0.3 is 0 Å². The zero-order valence-corrected chi connectivity index (χ0v) is 17.3. The highest BCUT2D eigenvalue weighted by Gasteiger charge is 2.59. The van der Waals surface area contributed by atoms with Gasteiger partial charge in [-0.25, -0.2) is 9.07 Å². The second-order valence-electron chi connectivity index (χ2n) is 10.7. The van der Waals surface area contributed by atoms with Crippen LogP contribution >= 0.6 is 0 Å². The topological polar surface area (TPSA) is 80.9 Å². The van der Waals surface area contributed by atoms with Gasteiger partial charge in [-0.15, -0.1) is 5.10 Å². The highest BCUT2D eigenvalue weighted by atomic mass is 19.1. The number of carbonyl (C=O) groups is 1. The molecule has 0 bridgehead atoms. The Balaban J connectivity index is 1.31. The van der Waals surface area contributed by atoms with Crippen molar-refractivity contribution in [2.75, 3.05) is 6.67 Å². The molecule has 0 aromatic carbocycles. The van der Waals surface area contributed by atoms with Crippen LogP contribution in [0.4, 0.5) is 4.39 Å². The van der Waals surface area contributed by atoms with Gasteiger partial charge in [0.2, 0.25) is 0 Å². The maximum atomic E-state index is 13.3. The summed E-state index contributed by atoms with van der Waals surface area (Å²) in [6, 6.07) is 0. The second-order valence-corrected chi connectivity index (χ2v) is 10.7. The Labute approximate surface area is 171 Å². The molecule has 4 fully saturated rings. The second kappa shape index (κ2) is 7.10. The molecule has 4 saturated carbocycles. The van der Waals surface area contributed by atoms with Crippen molar-refractivity contribution < 1.29 is 14.3 Å². The Morgan fingerprint density at radius 3 is 2.72 bits per heavy atom. The van der Waals surface area contributed by atoms with E-state index in [-0.39, 0.29) is 23.7 Å². The summed E-state index contributed by atoms with van der Waals surface area (Å²) in [5, 5.41) is 21.6. The van der Waals surface area contributed by atoms with Crippen molar-refractivity contribution in [2.45, 2.75) is 76.9 Å². The van der Waals surface area contributed by atoms with Gasteiger partial charge in [0.05, 0.1) is 5.60 Å². The number of hydrogen-bond donors (Lipinski definition) is 1. The SMILES string of the molecule is C[C@]12CC[C@H]3[C@@H](CC[C@@H]4C[C@@](O)(CF)CC[C@@H]43)[C@@H]1CC[C@@H]2C(=O)Cn1cnnn1. The summed E-state index contributed by atoms with van der Waals surface area (Å²) in [5.74, 6) is 3.52. The lowest BCUT2D eigenvalue weighted by atomic mass is 9.49. The lowest BCUT2D eigenvalue weighted by Crippen LogP contribution is -2.52. The van der Waals surface area contributed by atoms with Gasteiger partial charge in [-0.05, 0) is 103 Å². The number of rotatable bonds is 4. The first-order valence-corrected chi connectivity index (χ1v) is 11.5. The van der Waals surface area contributed by atoms with Crippen LogP contribution in [-0.2, 0) is 11.3 Å². The molecule has 0 spiro atoms. The zero-order chi connectivity index (χ0) is 20.2. The van der Waals surface area contributed by atoms with Gasteiger partial charge < -0.3 is 5.11 Å². The summed E-state index contributed by atoms with van der Waals surface area (Å²) in [6.45, 7) is 2.04. The predicted octanol–water partition coefficient (Wildman–Crippen LogP) is 3.21. The van der Waals surface area contributed by atoms with Crippen molar-refractivity contribution in [1.29, 1.82) is 0 Å². The van der Waals surface area contributed by atoms with Gasteiger partial charge in [-0.3, -0.25) is 4.79 Å². The van der Waals surface area contributed by atoms with Crippen molar-refractivity contribution in [3.8, 4) is 0 Å². The molecule has 4 aliphatic rings. The van der Waals surface area contributed by atoms with Gasteiger partial charge in [-0.1, -0.05) is 6.92 Å². The van der Waals surface area contributed by atoms with Gasteiger partial charge in [0.1, 0.15) is 19.5 Å². The molecule has 1 aromatic rings. The summed E-state index contributed by atoms with van der Waals surface area (Å²) in [6.07, 6.45) is 10.5. The number of halogens is 1. The number of alkyl halides is 1. The molecule has 6 nitrogen and oxygen atoms in total. The van der Waals surface area contributed by atoms with E-state index in [1.54, 1.807) is 4.68 Å². The summed E-state index contributed by atoms with van der Waals surface area (Å²) >= 11 is 0. The number of Topliss-reactive ketones (excluding diaryl/α,β-unsaturated/α-hetero) is 1. The third-order valence-electron chi connectivity index (χ3n) is 9.45. The Kier molecular flexibility index (Phi) is 4.80. The monoisotopic (exact) mass is 404 g/mol. The molecule has 7 heteroatoms. The van der Waals surface area contributed by atoms with Crippen LogP contribution in [0.3, 0.4) is 0 Å². The largest absolute Gasteiger partial charge is 0.387 e. The Bertz CT molecular complexity index is 758. The molecule has 1 heterocycles. The van der Waals surface area contributed by atoms with Crippen LogP contribution in [0.1, 0.15) is 64.7 Å². The van der Waals surface area contributed by atoms with Crippen LogP contribution in [0.25, 0.3) is 0 Å². The average Bonchev–Trinajstić information content (AvgIpc) is 3.34. The number of nitrogens with zero attached hydrogens (tertiary/aromatic N) is 4. The van der Waals surface area contributed by atoms with E-state index in [2.05, 4.69) is 22.4 Å². The van der Waals surface area contributed by atoms with Crippen molar-refractivity contribution in [3.63, 3.8) is 0 Å². The van der Waals surface area contributed by atoms with Crippen molar-refractivity contribution >= 4 is 5.78 Å². The van der Waals surface area contributed by atoms with Gasteiger partial charge in [0, 0.05) is 5.92 Å². The van der Waals surface area contributed by atoms with Gasteiger partial charge in [0.25, 0.3) is 0 Å². The molecule has 0 aliphatic heterocycles. The summed E-state index contributed by atoms with van der Waals surface area (Å²) in [4.78, 5) is 13.1. The van der Waals surface area contributed by atoms with E-state index in [0.29, 0.717) is 42.4 Å². The number of hydrogen-bond acceptors (Lipinski definition) is 5. The van der Waals surface area contributed by atoms with E-state index in [0.717, 1.165) is 32.1 Å². The molecular formula is C22H33FN4O2. The number of carbonyl (C=O) groups excluding carboxylic acids is 1. The molecule has 8 atom stereocenters.